The Labute approximate surface area is 188 Å². The van der Waals surface area contributed by atoms with E-state index >= 15 is 0 Å². The molecule has 1 aliphatic heterocycles. The summed E-state index contributed by atoms with van der Waals surface area (Å²) in [7, 11) is 0. The number of hydrogen-bond acceptors (Lipinski definition) is 6. The molecule has 166 valence electrons. The van der Waals surface area contributed by atoms with Gasteiger partial charge in [-0.15, -0.1) is 10.2 Å². The maximum atomic E-state index is 12.2. The summed E-state index contributed by atoms with van der Waals surface area (Å²) in [5.74, 6) is 1.29. The van der Waals surface area contributed by atoms with Crippen molar-refractivity contribution in [3.05, 3.63) is 42.0 Å². The minimum atomic E-state index is -0.0625. The van der Waals surface area contributed by atoms with Gasteiger partial charge in [-0.1, -0.05) is 37.7 Å². The monoisotopic (exact) mass is 441 g/mol. The molecule has 1 fully saturated rings. The zero-order valence-corrected chi connectivity index (χ0v) is 19.1. The van der Waals surface area contributed by atoms with Crippen LogP contribution in [0.3, 0.4) is 0 Å². The normalized spacial score (nSPS) is 14.3. The number of anilines is 2. The Kier molecular flexibility index (Phi) is 8.70. The number of nitrogens with one attached hydrogen (secondary N) is 2. The first-order valence-corrected chi connectivity index (χ1v) is 12.0. The molecule has 31 heavy (non-hydrogen) atoms. The number of piperidine rings is 1. The van der Waals surface area contributed by atoms with Gasteiger partial charge in [-0.3, -0.25) is 9.59 Å². The van der Waals surface area contributed by atoms with Crippen LogP contribution < -0.4 is 15.5 Å². The van der Waals surface area contributed by atoms with Gasteiger partial charge in [-0.25, -0.2) is 0 Å². The number of hydrogen-bond donors (Lipinski definition) is 2. The first-order valence-electron chi connectivity index (χ1n) is 11.0. The highest BCUT2D eigenvalue weighted by Crippen LogP contribution is 2.23. The zero-order chi connectivity index (χ0) is 22.1. The molecular formula is C23H31N5O2S. The SMILES string of the molecule is CCCNC(=O)C1CCN(c2ccc(SCC(=O)Nc3cccc(CC)c3)nn2)CC1. The van der Waals surface area contributed by atoms with Crippen molar-refractivity contribution in [3.63, 3.8) is 0 Å². The summed E-state index contributed by atoms with van der Waals surface area (Å²) < 4.78 is 0. The van der Waals surface area contributed by atoms with Crippen molar-refractivity contribution in [2.45, 2.75) is 44.6 Å². The minimum absolute atomic E-state index is 0.0625. The van der Waals surface area contributed by atoms with E-state index in [1.807, 2.05) is 36.4 Å². The summed E-state index contributed by atoms with van der Waals surface area (Å²) in [5, 5.41) is 15.2. The molecule has 2 aromatic rings. The minimum Gasteiger partial charge on any atom is -0.356 e. The van der Waals surface area contributed by atoms with Crippen LogP contribution in [0.4, 0.5) is 11.5 Å². The molecule has 0 unspecified atom stereocenters. The van der Waals surface area contributed by atoms with E-state index in [9.17, 15) is 9.59 Å². The molecule has 1 saturated heterocycles. The molecule has 2 heterocycles. The van der Waals surface area contributed by atoms with Crippen molar-refractivity contribution in [1.82, 2.24) is 15.5 Å². The number of thioether (sulfide) groups is 1. The molecule has 8 heteroatoms. The Balaban J connectivity index is 1.44. The highest BCUT2D eigenvalue weighted by molar-refractivity contribution is 7.99. The van der Waals surface area contributed by atoms with Crippen molar-refractivity contribution in [3.8, 4) is 0 Å². The van der Waals surface area contributed by atoms with Gasteiger partial charge in [-0.2, -0.15) is 0 Å². The Morgan fingerprint density at radius 2 is 1.94 bits per heavy atom. The quantitative estimate of drug-likeness (QED) is 0.579. The van der Waals surface area contributed by atoms with Crippen LogP contribution in [0.15, 0.2) is 41.4 Å². The molecule has 2 N–H and O–H groups in total. The molecule has 0 radical (unpaired) electrons. The van der Waals surface area contributed by atoms with E-state index in [0.717, 1.165) is 61.8 Å². The standard InChI is InChI=1S/C23H31N5O2S/c1-3-12-24-23(30)18-10-13-28(14-11-18)20-8-9-22(27-26-20)31-16-21(29)25-19-7-5-6-17(4-2)15-19/h5-9,15,18H,3-4,10-14,16H2,1-2H3,(H,24,30)(H,25,29). The lowest BCUT2D eigenvalue weighted by molar-refractivity contribution is -0.125. The third-order valence-electron chi connectivity index (χ3n) is 5.34. The van der Waals surface area contributed by atoms with E-state index in [1.54, 1.807) is 0 Å². The van der Waals surface area contributed by atoms with Gasteiger partial charge in [0.2, 0.25) is 11.8 Å². The number of carbonyl (C=O) groups is 2. The summed E-state index contributed by atoms with van der Waals surface area (Å²) in [5.41, 5.74) is 2.01. The van der Waals surface area contributed by atoms with Gasteiger partial charge < -0.3 is 15.5 Å². The van der Waals surface area contributed by atoms with Gasteiger partial charge >= 0.3 is 0 Å². The van der Waals surface area contributed by atoms with Crippen LogP contribution in [0.2, 0.25) is 0 Å². The van der Waals surface area contributed by atoms with Gasteiger partial charge in [0, 0.05) is 31.2 Å². The predicted molar refractivity (Wildman–Crippen MR) is 125 cm³/mol. The van der Waals surface area contributed by atoms with Gasteiger partial charge in [0.15, 0.2) is 5.82 Å². The summed E-state index contributed by atoms with van der Waals surface area (Å²) in [6, 6.07) is 11.7. The molecule has 0 spiro atoms. The highest BCUT2D eigenvalue weighted by atomic mass is 32.2. The van der Waals surface area contributed by atoms with Crippen LogP contribution in [0.5, 0.6) is 0 Å². The number of rotatable bonds is 9. The Morgan fingerprint density at radius 1 is 1.13 bits per heavy atom. The molecule has 7 nitrogen and oxygen atoms in total. The maximum absolute atomic E-state index is 12.2. The molecule has 2 amide bonds. The second kappa shape index (κ2) is 11.7. The molecule has 3 rings (SSSR count). The average molecular weight is 442 g/mol. The van der Waals surface area contributed by atoms with E-state index in [1.165, 1.54) is 17.3 Å². The third kappa shape index (κ3) is 6.95. The zero-order valence-electron chi connectivity index (χ0n) is 18.3. The number of aromatic nitrogens is 2. The first-order chi connectivity index (χ1) is 15.1. The van der Waals surface area contributed by atoms with E-state index in [2.05, 4.69) is 39.6 Å². The van der Waals surface area contributed by atoms with Crippen LogP contribution in [0.25, 0.3) is 0 Å². The largest absolute Gasteiger partial charge is 0.356 e. The van der Waals surface area contributed by atoms with Crippen molar-refractivity contribution >= 4 is 35.1 Å². The topological polar surface area (TPSA) is 87.2 Å². The lowest BCUT2D eigenvalue weighted by Crippen LogP contribution is -2.41. The van der Waals surface area contributed by atoms with Gasteiger partial charge in [-0.05, 0) is 55.5 Å². The molecule has 1 aromatic carbocycles. The van der Waals surface area contributed by atoms with Gasteiger partial charge in [0.05, 0.1) is 5.75 Å². The highest BCUT2D eigenvalue weighted by Gasteiger charge is 2.25. The smallest absolute Gasteiger partial charge is 0.234 e. The van der Waals surface area contributed by atoms with Crippen LogP contribution >= 0.6 is 11.8 Å². The molecule has 0 bridgehead atoms. The second-order valence-corrected chi connectivity index (χ2v) is 8.67. The van der Waals surface area contributed by atoms with Crippen molar-refractivity contribution in [2.75, 3.05) is 35.6 Å². The van der Waals surface area contributed by atoms with Crippen molar-refractivity contribution in [1.29, 1.82) is 0 Å². The van der Waals surface area contributed by atoms with Gasteiger partial charge in [0.25, 0.3) is 0 Å². The lowest BCUT2D eigenvalue weighted by Gasteiger charge is -2.31. The van der Waals surface area contributed by atoms with Crippen molar-refractivity contribution < 1.29 is 9.59 Å². The molecular weight excluding hydrogens is 410 g/mol. The Bertz CT molecular complexity index is 867. The Morgan fingerprint density at radius 3 is 2.61 bits per heavy atom. The number of benzene rings is 1. The van der Waals surface area contributed by atoms with Crippen LogP contribution in [-0.4, -0.2) is 47.4 Å². The molecule has 1 aromatic heterocycles. The van der Waals surface area contributed by atoms with E-state index in [4.69, 9.17) is 0 Å². The summed E-state index contributed by atoms with van der Waals surface area (Å²) in [4.78, 5) is 26.5. The molecule has 0 atom stereocenters. The Hall–Kier alpha value is -2.61. The summed E-state index contributed by atoms with van der Waals surface area (Å²) in [6.45, 7) is 6.48. The first kappa shape index (κ1) is 23.1. The molecule has 0 aliphatic carbocycles. The summed E-state index contributed by atoms with van der Waals surface area (Å²) >= 11 is 1.37. The lowest BCUT2D eigenvalue weighted by atomic mass is 9.96. The molecule has 0 saturated carbocycles. The number of aryl methyl sites for hydroxylation is 1. The van der Waals surface area contributed by atoms with E-state index < -0.39 is 0 Å². The maximum Gasteiger partial charge on any atom is 0.234 e. The number of carbonyl (C=O) groups excluding carboxylic acids is 2. The number of nitrogens with zero attached hydrogens (tertiary/aromatic N) is 3. The van der Waals surface area contributed by atoms with Gasteiger partial charge in [0.1, 0.15) is 5.03 Å². The third-order valence-corrected chi connectivity index (χ3v) is 6.26. The second-order valence-electron chi connectivity index (χ2n) is 7.67. The fraction of sp³-hybridized carbons (Fsp3) is 0.478. The summed E-state index contributed by atoms with van der Waals surface area (Å²) in [6.07, 6.45) is 3.54. The van der Waals surface area contributed by atoms with Crippen LogP contribution in [0.1, 0.15) is 38.7 Å². The number of amides is 2. The van der Waals surface area contributed by atoms with Crippen LogP contribution in [-0.2, 0) is 16.0 Å². The molecule has 1 aliphatic rings. The van der Waals surface area contributed by atoms with E-state index in [-0.39, 0.29) is 23.5 Å². The van der Waals surface area contributed by atoms with E-state index in [0.29, 0.717) is 0 Å². The fourth-order valence-electron chi connectivity index (χ4n) is 3.53. The van der Waals surface area contributed by atoms with Crippen LogP contribution in [0, 0.1) is 5.92 Å². The predicted octanol–water partition coefficient (Wildman–Crippen LogP) is 3.51. The average Bonchev–Trinajstić information content (AvgIpc) is 2.82. The van der Waals surface area contributed by atoms with Crippen molar-refractivity contribution in [2.24, 2.45) is 5.92 Å². The fourth-order valence-corrected chi connectivity index (χ4v) is 4.14.